The van der Waals surface area contributed by atoms with Crippen LogP contribution in [0.15, 0.2) is 223 Å². The number of ether oxygens (including phenoxy) is 1. The Morgan fingerprint density at radius 3 is 0.851 bits per heavy atom. The van der Waals surface area contributed by atoms with Gasteiger partial charge in [0.25, 0.3) is 0 Å². The lowest BCUT2D eigenvalue weighted by atomic mass is 9.94. The fourth-order valence-electron chi connectivity index (χ4n) is 12.7. The number of aliphatic imine (C=N–C) groups is 8. The van der Waals surface area contributed by atoms with Crippen LogP contribution in [0.3, 0.4) is 0 Å². The Labute approximate surface area is 504 Å². The van der Waals surface area contributed by atoms with Crippen molar-refractivity contribution >= 4 is 69.6 Å². The molecule has 10 heterocycles. The van der Waals surface area contributed by atoms with E-state index < -0.39 is 48.3 Å². The zero-order valence-corrected chi connectivity index (χ0v) is 50.9. The molecule has 10 rings (SSSR count). The highest BCUT2D eigenvalue weighted by Gasteiger charge is 2.36. The Kier molecular flexibility index (Phi) is 16.9. The van der Waals surface area contributed by atoms with Gasteiger partial charge in [0.1, 0.15) is 0 Å². The van der Waals surface area contributed by atoms with Crippen molar-refractivity contribution in [2.24, 2.45) is 39.9 Å². The van der Waals surface area contributed by atoms with Gasteiger partial charge < -0.3 is 35.4 Å². The molecule has 0 aliphatic carbocycles. The third-order valence-electron chi connectivity index (χ3n) is 17.4. The molecule has 10 aliphatic heterocycles. The van der Waals surface area contributed by atoms with Crippen molar-refractivity contribution < 1.29 is 54.6 Å². The van der Waals surface area contributed by atoms with Crippen molar-refractivity contribution in [3.05, 3.63) is 183 Å². The topological polar surface area (TPSA) is 298 Å². The van der Waals surface area contributed by atoms with Gasteiger partial charge in [-0.15, -0.1) is 0 Å². The molecule has 16 bridgehead atoms. The molecule has 0 aromatic carbocycles. The third-order valence-corrected chi connectivity index (χ3v) is 17.4. The van der Waals surface area contributed by atoms with E-state index in [1.807, 2.05) is 99.6 Å². The Bertz CT molecular complexity index is 4100. The minimum absolute atomic E-state index is 0.146. The van der Waals surface area contributed by atoms with Crippen molar-refractivity contribution in [2.75, 3.05) is 0 Å². The second-order valence-electron chi connectivity index (χ2n) is 23.1. The van der Waals surface area contributed by atoms with Crippen LogP contribution >= 0.6 is 0 Å². The molecule has 448 valence electrons. The zero-order chi connectivity index (χ0) is 62.8. The monoisotopic (exact) mass is 1170 g/mol. The Hall–Kier alpha value is -9.04. The van der Waals surface area contributed by atoms with Gasteiger partial charge in [-0.25, -0.2) is 39.9 Å². The average molecular weight is 1180 g/mol. The minimum atomic E-state index is -0.978. The lowest BCUT2D eigenvalue weighted by Crippen LogP contribution is -2.23. The lowest BCUT2D eigenvalue weighted by molar-refractivity contribution is -0.137. The number of aliphatic carboxylic acids is 4. The molecule has 0 radical (unpaired) electrons. The van der Waals surface area contributed by atoms with Crippen LogP contribution in [0.25, 0.3) is 0 Å². The summed E-state index contributed by atoms with van der Waals surface area (Å²) in [4.78, 5) is 89.2. The van der Waals surface area contributed by atoms with Crippen molar-refractivity contribution in [1.82, 2.24) is 0 Å². The highest BCUT2D eigenvalue weighted by atomic mass is 16.5. The van der Waals surface area contributed by atoms with Gasteiger partial charge >= 0.3 is 23.9 Å². The van der Waals surface area contributed by atoms with Gasteiger partial charge in [-0.3, -0.25) is 19.2 Å². The number of rotatable bonds is 18. The van der Waals surface area contributed by atoms with E-state index in [4.69, 9.17) is 44.7 Å². The van der Waals surface area contributed by atoms with Crippen LogP contribution in [0.1, 0.15) is 134 Å². The first-order valence-electron chi connectivity index (χ1n) is 29.2. The highest BCUT2D eigenvalue weighted by molar-refractivity contribution is 6.22. The largest absolute Gasteiger partial charge is 0.481 e. The van der Waals surface area contributed by atoms with Gasteiger partial charge in [-0.05, 0) is 224 Å². The molecule has 0 saturated carbocycles. The van der Waals surface area contributed by atoms with Crippen molar-refractivity contribution in [3.8, 4) is 0 Å². The number of allylic oxidation sites excluding steroid dienone is 20. The predicted octanol–water partition coefficient (Wildman–Crippen LogP) is 11.3. The summed E-state index contributed by atoms with van der Waals surface area (Å²) in [6, 6.07) is 0. The smallest absolute Gasteiger partial charge is 0.303 e. The molecule has 0 aromatic heterocycles. The second kappa shape index (κ2) is 24.0. The molecule has 0 saturated heterocycles. The molecule has 4 atom stereocenters. The molecule has 19 heteroatoms. The van der Waals surface area contributed by atoms with Crippen molar-refractivity contribution in [1.29, 1.82) is 0 Å². The normalized spacial score (nSPS) is 21.4. The molecule has 0 amide bonds. The van der Waals surface area contributed by atoms with Crippen LogP contribution in [0.4, 0.5) is 0 Å². The van der Waals surface area contributed by atoms with E-state index in [2.05, 4.69) is 0 Å². The third kappa shape index (κ3) is 11.9. The van der Waals surface area contributed by atoms with Gasteiger partial charge in [0.15, 0.2) is 0 Å². The van der Waals surface area contributed by atoms with E-state index in [1.165, 1.54) is 0 Å². The van der Waals surface area contributed by atoms with Gasteiger partial charge in [0.05, 0.1) is 116 Å². The molecular formula is C68H70N8O11. The Morgan fingerprint density at radius 2 is 0.552 bits per heavy atom. The van der Waals surface area contributed by atoms with Crippen molar-refractivity contribution in [2.45, 2.75) is 159 Å². The van der Waals surface area contributed by atoms with Gasteiger partial charge in [-0.1, -0.05) is 0 Å². The summed E-state index contributed by atoms with van der Waals surface area (Å²) in [5, 5.41) is 62.1. The summed E-state index contributed by atoms with van der Waals surface area (Å²) in [6.07, 6.45) is 11.6. The SMILES string of the molecule is CC1=C(CCC(=O)O)C2=CC3=NC(=CC4=NC(=CC5=NC(=CC1=N2)C(C(C)O)=C5C)C(C(C)OC(C)C1=C(C)C2=NC1=CC1=NC(=CC5=NC(=CC6=NC(=C2)C(C(C)O)=C6C)C(C)=C5CCC(=O)O)C(CCC(=O)O)=C1C)=C4C)C(C)=C3CCC(=O)O. The summed E-state index contributed by atoms with van der Waals surface area (Å²) < 4.78 is 7.22. The van der Waals surface area contributed by atoms with E-state index in [1.54, 1.807) is 32.1 Å². The molecule has 87 heavy (non-hydrogen) atoms. The van der Waals surface area contributed by atoms with E-state index in [0.29, 0.717) is 125 Å². The maximum absolute atomic E-state index is 12.1. The van der Waals surface area contributed by atoms with Crippen LogP contribution in [-0.2, 0) is 23.9 Å². The number of carbonyl (C=O) groups is 4. The van der Waals surface area contributed by atoms with Gasteiger partial charge in [0.2, 0.25) is 0 Å². The molecule has 6 N–H and O–H groups in total. The number of fused-ring (bicyclic) bond motifs is 8. The first kappa shape index (κ1) is 61.1. The van der Waals surface area contributed by atoms with Crippen LogP contribution in [-0.4, -0.2) is 125 Å². The number of carboxylic acids is 4. The van der Waals surface area contributed by atoms with Crippen molar-refractivity contribution in [3.63, 3.8) is 0 Å². The molecular weight excluding hydrogens is 1100 g/mol. The van der Waals surface area contributed by atoms with Gasteiger partial charge in [-0.2, -0.15) is 0 Å². The van der Waals surface area contributed by atoms with Crippen LogP contribution in [0.5, 0.6) is 0 Å². The molecule has 0 aromatic rings. The predicted molar refractivity (Wildman–Crippen MR) is 337 cm³/mol. The number of aliphatic hydroxyl groups excluding tert-OH is 2. The summed E-state index contributed by atoms with van der Waals surface area (Å²) in [5.74, 6) is -3.89. The second-order valence-corrected chi connectivity index (χ2v) is 23.1. The number of nitrogens with zero attached hydrogens (tertiary/aromatic N) is 8. The minimum Gasteiger partial charge on any atom is -0.481 e. The number of carboxylic acid groups (broad SMARTS) is 4. The first-order chi connectivity index (χ1) is 41.2. The number of aliphatic hydroxyl groups is 2. The fourth-order valence-corrected chi connectivity index (χ4v) is 12.7. The quantitative estimate of drug-likeness (QED) is 0.0750. The average Bonchev–Trinajstić information content (AvgIpc) is 1.77. The summed E-state index contributed by atoms with van der Waals surface area (Å²) in [5.41, 5.74) is 20.1. The number of hydrogen-bond donors (Lipinski definition) is 6. The van der Waals surface area contributed by atoms with E-state index >= 15 is 0 Å². The van der Waals surface area contributed by atoms with E-state index in [0.717, 1.165) is 55.7 Å². The van der Waals surface area contributed by atoms with Crippen LogP contribution in [0.2, 0.25) is 0 Å². The van der Waals surface area contributed by atoms with Gasteiger partial charge in [0, 0.05) is 48.0 Å². The zero-order valence-electron chi connectivity index (χ0n) is 50.9. The summed E-state index contributed by atoms with van der Waals surface area (Å²) in [6.45, 7) is 22.5. The van der Waals surface area contributed by atoms with E-state index in [9.17, 15) is 49.8 Å². The molecule has 10 aliphatic rings. The molecule has 0 spiro atoms. The lowest BCUT2D eigenvalue weighted by Gasteiger charge is -2.24. The van der Waals surface area contributed by atoms with Crippen LogP contribution in [0, 0.1) is 0 Å². The molecule has 4 unspecified atom stereocenters. The number of hydrogen-bond acceptors (Lipinski definition) is 15. The maximum Gasteiger partial charge on any atom is 0.303 e. The molecule has 0 fully saturated rings. The van der Waals surface area contributed by atoms with Crippen LogP contribution < -0.4 is 0 Å². The summed E-state index contributed by atoms with van der Waals surface area (Å²) in [7, 11) is 0. The Balaban J connectivity index is 1.10. The summed E-state index contributed by atoms with van der Waals surface area (Å²) >= 11 is 0. The first-order valence-corrected chi connectivity index (χ1v) is 29.2. The molecule has 19 nitrogen and oxygen atoms in total. The standard InChI is InChI=1S/C68H70N8O11/c1-29-41(13-17-61(79)80)53-28-56-44(16-20-64(85)86)32(4)48(72-56)24-59-68(36(8)52(76-59)25-58-65(37(9)77)33(5)49(73-58)21-45(29)69-53)40(12)87-39(11)67-35(7)50-22-46-30(2)42(14-18-62(81)82)54(70-46)27-55-43(15-19-63(83)84)31(3)47(71-55)23-57-66(38(10)78)34(6)51(74-57)26-60(67)75-50/h21-28,37-40,77-78H,13-20H2,1-12H3,(H,79,80)(H,81,82)(H,83,84)(H,85,86). The van der Waals surface area contributed by atoms with E-state index in [-0.39, 0.29) is 51.4 Å². The maximum atomic E-state index is 12.1. The fraction of sp³-hybridized carbons (Fsp3) is 0.353. The Morgan fingerprint density at radius 1 is 0.322 bits per heavy atom. The highest BCUT2D eigenvalue weighted by Crippen LogP contribution is 2.43.